The van der Waals surface area contributed by atoms with Crippen molar-refractivity contribution in [3.8, 4) is 5.75 Å². The number of carbonyl (C=O) groups is 1. The number of rotatable bonds is 4. The normalized spacial score (nSPS) is 10.5. The highest BCUT2D eigenvalue weighted by Gasteiger charge is 2.03. The standard InChI is InChI=1S/C12H17N3O2/c1-8-6-9(2)11(10(3)7-8)17-5-4-14-15-12(13)16/h4,6-7H,5H2,1-3H3,(H3,13,15,16)/b14-4+. The molecule has 0 saturated heterocycles. The van der Waals surface area contributed by atoms with Crippen molar-refractivity contribution >= 4 is 12.2 Å². The summed E-state index contributed by atoms with van der Waals surface area (Å²) in [5.74, 6) is 0.848. The quantitative estimate of drug-likeness (QED) is 0.615. The van der Waals surface area contributed by atoms with E-state index in [0.717, 1.165) is 16.9 Å². The lowest BCUT2D eigenvalue weighted by Gasteiger charge is -2.11. The number of nitrogens with two attached hydrogens (primary N) is 1. The first-order valence-corrected chi connectivity index (χ1v) is 5.28. The Hall–Kier alpha value is -2.04. The van der Waals surface area contributed by atoms with Crippen molar-refractivity contribution < 1.29 is 9.53 Å². The van der Waals surface area contributed by atoms with E-state index in [1.165, 1.54) is 11.8 Å². The zero-order valence-corrected chi connectivity index (χ0v) is 10.3. The number of carbonyl (C=O) groups excluding carboxylic acids is 1. The predicted molar refractivity (Wildman–Crippen MR) is 67.4 cm³/mol. The molecule has 1 aromatic carbocycles. The number of hydrazone groups is 1. The number of nitrogens with one attached hydrogen (secondary N) is 1. The highest BCUT2D eigenvalue weighted by atomic mass is 16.5. The number of benzene rings is 1. The Morgan fingerprint density at radius 3 is 2.53 bits per heavy atom. The number of aryl methyl sites for hydroxylation is 3. The molecule has 0 radical (unpaired) electrons. The fraction of sp³-hybridized carbons (Fsp3) is 0.333. The molecule has 3 N–H and O–H groups in total. The third-order valence-corrected chi connectivity index (χ3v) is 2.17. The molecule has 17 heavy (non-hydrogen) atoms. The molecule has 92 valence electrons. The van der Waals surface area contributed by atoms with E-state index in [1.54, 1.807) is 0 Å². The van der Waals surface area contributed by atoms with Crippen LogP contribution in [0, 0.1) is 20.8 Å². The number of hydrogen-bond donors (Lipinski definition) is 2. The number of hydrogen-bond acceptors (Lipinski definition) is 3. The van der Waals surface area contributed by atoms with E-state index in [9.17, 15) is 4.79 Å². The van der Waals surface area contributed by atoms with Gasteiger partial charge in [0.1, 0.15) is 12.4 Å². The van der Waals surface area contributed by atoms with Gasteiger partial charge in [-0.2, -0.15) is 5.10 Å². The number of ether oxygens (including phenoxy) is 1. The summed E-state index contributed by atoms with van der Waals surface area (Å²) in [5.41, 5.74) is 10.3. The first-order valence-electron chi connectivity index (χ1n) is 5.28. The van der Waals surface area contributed by atoms with Crippen molar-refractivity contribution in [1.29, 1.82) is 0 Å². The topological polar surface area (TPSA) is 76.7 Å². The van der Waals surface area contributed by atoms with E-state index < -0.39 is 6.03 Å². The Kier molecular flexibility index (Phi) is 4.51. The molecular formula is C12H17N3O2. The largest absolute Gasteiger partial charge is 0.487 e. The Bertz CT molecular complexity index is 418. The van der Waals surface area contributed by atoms with Crippen molar-refractivity contribution in [2.24, 2.45) is 10.8 Å². The highest BCUT2D eigenvalue weighted by molar-refractivity contribution is 5.73. The van der Waals surface area contributed by atoms with Gasteiger partial charge in [-0.3, -0.25) is 0 Å². The van der Waals surface area contributed by atoms with Gasteiger partial charge in [0.2, 0.25) is 0 Å². The summed E-state index contributed by atoms with van der Waals surface area (Å²) in [6, 6.07) is 3.42. The highest BCUT2D eigenvalue weighted by Crippen LogP contribution is 2.24. The summed E-state index contributed by atoms with van der Waals surface area (Å²) in [6.07, 6.45) is 1.45. The van der Waals surface area contributed by atoms with Crippen LogP contribution in [0.4, 0.5) is 4.79 Å². The van der Waals surface area contributed by atoms with Crippen molar-refractivity contribution in [3.05, 3.63) is 28.8 Å². The molecule has 0 bridgehead atoms. The van der Waals surface area contributed by atoms with Gasteiger partial charge in [-0.25, -0.2) is 10.2 Å². The Balaban J connectivity index is 2.58. The molecule has 0 heterocycles. The second-order valence-electron chi connectivity index (χ2n) is 3.83. The van der Waals surface area contributed by atoms with E-state index in [2.05, 4.69) is 22.7 Å². The molecule has 0 spiro atoms. The lowest BCUT2D eigenvalue weighted by Crippen LogP contribution is -2.24. The third-order valence-electron chi connectivity index (χ3n) is 2.17. The molecule has 0 unspecified atom stereocenters. The predicted octanol–water partition coefficient (Wildman–Crippen LogP) is 1.64. The third kappa shape index (κ3) is 4.14. The Morgan fingerprint density at radius 1 is 1.41 bits per heavy atom. The minimum absolute atomic E-state index is 0.283. The van der Waals surface area contributed by atoms with Gasteiger partial charge in [-0.1, -0.05) is 17.7 Å². The molecular weight excluding hydrogens is 218 g/mol. The van der Waals surface area contributed by atoms with Gasteiger partial charge in [-0.05, 0) is 31.9 Å². The molecule has 0 fully saturated rings. The van der Waals surface area contributed by atoms with Crippen LogP contribution in [0.5, 0.6) is 5.75 Å². The lowest BCUT2D eigenvalue weighted by molar-refractivity contribution is 0.249. The molecule has 0 aromatic heterocycles. The van der Waals surface area contributed by atoms with E-state index in [0.29, 0.717) is 0 Å². The SMILES string of the molecule is Cc1cc(C)c(OC/C=N/NC(N)=O)c(C)c1. The van der Waals surface area contributed by atoms with Crippen LogP contribution in [0.15, 0.2) is 17.2 Å². The van der Waals surface area contributed by atoms with Crippen LogP contribution in [0.2, 0.25) is 0 Å². The minimum Gasteiger partial charge on any atom is -0.487 e. The summed E-state index contributed by atoms with van der Waals surface area (Å²) in [6.45, 7) is 6.31. The average molecular weight is 235 g/mol. The number of primary amides is 1. The molecule has 0 aliphatic rings. The van der Waals surface area contributed by atoms with Gasteiger partial charge in [0.15, 0.2) is 0 Å². The summed E-state index contributed by atoms with van der Waals surface area (Å²) in [7, 11) is 0. The van der Waals surface area contributed by atoms with Crippen LogP contribution in [0.1, 0.15) is 16.7 Å². The monoisotopic (exact) mass is 235 g/mol. The fourth-order valence-electron chi connectivity index (χ4n) is 1.66. The minimum atomic E-state index is -0.691. The first-order chi connectivity index (χ1) is 8.00. The fourth-order valence-corrected chi connectivity index (χ4v) is 1.66. The van der Waals surface area contributed by atoms with Gasteiger partial charge in [0.25, 0.3) is 0 Å². The Labute approximate surface area is 101 Å². The van der Waals surface area contributed by atoms with Gasteiger partial charge in [0, 0.05) is 0 Å². The summed E-state index contributed by atoms with van der Waals surface area (Å²) in [4.78, 5) is 10.3. The molecule has 5 heteroatoms. The lowest BCUT2D eigenvalue weighted by atomic mass is 10.1. The van der Waals surface area contributed by atoms with Crippen LogP contribution in [-0.2, 0) is 0 Å². The number of nitrogens with zero attached hydrogens (tertiary/aromatic N) is 1. The molecule has 0 atom stereocenters. The zero-order chi connectivity index (χ0) is 12.8. The second-order valence-corrected chi connectivity index (χ2v) is 3.83. The van der Waals surface area contributed by atoms with Gasteiger partial charge < -0.3 is 10.5 Å². The summed E-state index contributed by atoms with van der Waals surface area (Å²) in [5, 5.41) is 3.59. The average Bonchev–Trinajstić information content (AvgIpc) is 2.20. The van der Waals surface area contributed by atoms with E-state index in [1.807, 2.05) is 20.8 Å². The molecule has 1 aromatic rings. The van der Waals surface area contributed by atoms with Crippen LogP contribution >= 0.6 is 0 Å². The van der Waals surface area contributed by atoms with Crippen LogP contribution in [0.25, 0.3) is 0 Å². The van der Waals surface area contributed by atoms with Gasteiger partial charge in [-0.15, -0.1) is 0 Å². The maximum Gasteiger partial charge on any atom is 0.332 e. The zero-order valence-electron chi connectivity index (χ0n) is 10.3. The van der Waals surface area contributed by atoms with Crippen molar-refractivity contribution in [2.75, 3.05) is 6.61 Å². The van der Waals surface area contributed by atoms with Gasteiger partial charge in [0.05, 0.1) is 6.21 Å². The molecule has 1 rings (SSSR count). The van der Waals surface area contributed by atoms with Crippen LogP contribution in [-0.4, -0.2) is 18.9 Å². The van der Waals surface area contributed by atoms with Gasteiger partial charge >= 0.3 is 6.03 Å². The number of urea groups is 1. The van der Waals surface area contributed by atoms with Crippen molar-refractivity contribution in [2.45, 2.75) is 20.8 Å². The van der Waals surface area contributed by atoms with Crippen LogP contribution < -0.4 is 15.9 Å². The number of amides is 2. The molecule has 2 amide bonds. The van der Waals surface area contributed by atoms with E-state index in [-0.39, 0.29) is 6.61 Å². The maximum atomic E-state index is 10.3. The van der Waals surface area contributed by atoms with Crippen molar-refractivity contribution in [1.82, 2.24) is 5.43 Å². The molecule has 0 saturated carbocycles. The Morgan fingerprint density at radius 2 is 2.00 bits per heavy atom. The second kappa shape index (κ2) is 5.89. The summed E-state index contributed by atoms with van der Waals surface area (Å²) < 4.78 is 5.56. The maximum absolute atomic E-state index is 10.3. The summed E-state index contributed by atoms with van der Waals surface area (Å²) >= 11 is 0. The van der Waals surface area contributed by atoms with Crippen molar-refractivity contribution in [3.63, 3.8) is 0 Å². The van der Waals surface area contributed by atoms with E-state index in [4.69, 9.17) is 10.5 Å². The molecule has 0 aliphatic carbocycles. The first kappa shape index (κ1) is 13.0. The molecule has 5 nitrogen and oxygen atoms in total. The van der Waals surface area contributed by atoms with E-state index >= 15 is 0 Å². The van der Waals surface area contributed by atoms with Crippen LogP contribution in [0.3, 0.4) is 0 Å². The molecule has 0 aliphatic heterocycles. The smallest absolute Gasteiger partial charge is 0.332 e.